The van der Waals surface area contributed by atoms with Gasteiger partial charge >= 0.3 is 0 Å². The van der Waals surface area contributed by atoms with E-state index in [0.717, 1.165) is 16.9 Å². The van der Waals surface area contributed by atoms with Gasteiger partial charge in [0.15, 0.2) is 0 Å². The Morgan fingerprint density at radius 2 is 2.00 bits per heavy atom. The number of ether oxygens (including phenoxy) is 1. The Labute approximate surface area is 112 Å². The summed E-state index contributed by atoms with van der Waals surface area (Å²) >= 11 is 5.90. The van der Waals surface area contributed by atoms with Gasteiger partial charge in [-0.3, -0.25) is 0 Å². The summed E-state index contributed by atoms with van der Waals surface area (Å²) in [5.74, 6) is 0.782. The summed E-state index contributed by atoms with van der Waals surface area (Å²) in [6.45, 7) is 3.17. The molecule has 3 heteroatoms. The SMILES string of the molecule is Cc1cc(CN)ccc1COc1cccc(Cl)c1. The minimum Gasteiger partial charge on any atom is -0.489 e. The van der Waals surface area contributed by atoms with Crippen molar-refractivity contribution < 1.29 is 4.74 Å². The monoisotopic (exact) mass is 261 g/mol. The van der Waals surface area contributed by atoms with E-state index < -0.39 is 0 Å². The van der Waals surface area contributed by atoms with Crippen molar-refractivity contribution in [1.29, 1.82) is 0 Å². The molecule has 2 aromatic rings. The van der Waals surface area contributed by atoms with Gasteiger partial charge in [0.05, 0.1) is 0 Å². The van der Waals surface area contributed by atoms with Crippen LogP contribution in [0.4, 0.5) is 0 Å². The lowest BCUT2D eigenvalue weighted by molar-refractivity contribution is 0.305. The van der Waals surface area contributed by atoms with E-state index in [2.05, 4.69) is 19.1 Å². The lowest BCUT2D eigenvalue weighted by Crippen LogP contribution is -2.01. The fourth-order valence-electron chi connectivity index (χ4n) is 1.76. The number of benzene rings is 2. The average Bonchev–Trinajstić information content (AvgIpc) is 2.37. The molecule has 0 fully saturated rings. The van der Waals surface area contributed by atoms with Crippen molar-refractivity contribution in [3.63, 3.8) is 0 Å². The number of rotatable bonds is 4. The van der Waals surface area contributed by atoms with Crippen LogP contribution >= 0.6 is 11.6 Å². The van der Waals surface area contributed by atoms with Crippen molar-refractivity contribution in [1.82, 2.24) is 0 Å². The van der Waals surface area contributed by atoms with Crippen molar-refractivity contribution in [3.05, 3.63) is 64.2 Å². The zero-order valence-electron chi connectivity index (χ0n) is 10.3. The molecule has 0 heterocycles. The Balaban J connectivity index is 2.06. The molecule has 0 atom stereocenters. The van der Waals surface area contributed by atoms with E-state index in [1.165, 1.54) is 5.56 Å². The number of hydrogen-bond acceptors (Lipinski definition) is 2. The third-order valence-electron chi connectivity index (χ3n) is 2.83. The van der Waals surface area contributed by atoms with E-state index >= 15 is 0 Å². The molecule has 0 spiro atoms. The molecule has 0 bridgehead atoms. The molecular formula is C15H16ClNO. The van der Waals surface area contributed by atoms with E-state index in [1.54, 1.807) is 0 Å². The van der Waals surface area contributed by atoms with Gasteiger partial charge in [0, 0.05) is 11.6 Å². The maximum absolute atomic E-state index is 5.90. The smallest absolute Gasteiger partial charge is 0.121 e. The number of halogens is 1. The Hall–Kier alpha value is -1.51. The van der Waals surface area contributed by atoms with Crippen LogP contribution in [0.25, 0.3) is 0 Å². The molecule has 0 unspecified atom stereocenters. The largest absolute Gasteiger partial charge is 0.489 e. The highest BCUT2D eigenvalue weighted by Gasteiger charge is 2.01. The summed E-state index contributed by atoms with van der Waals surface area (Å²) in [5, 5.41) is 0.683. The van der Waals surface area contributed by atoms with Crippen molar-refractivity contribution >= 4 is 11.6 Å². The Morgan fingerprint density at radius 3 is 2.67 bits per heavy atom. The van der Waals surface area contributed by atoms with Gasteiger partial charge in [-0.05, 0) is 41.8 Å². The van der Waals surface area contributed by atoms with E-state index in [4.69, 9.17) is 22.1 Å². The predicted octanol–water partition coefficient (Wildman–Crippen LogP) is 3.69. The first kappa shape index (κ1) is 12.9. The minimum absolute atomic E-state index is 0.539. The van der Waals surface area contributed by atoms with Gasteiger partial charge in [-0.2, -0.15) is 0 Å². The van der Waals surface area contributed by atoms with Crippen LogP contribution in [0, 0.1) is 6.92 Å². The first-order chi connectivity index (χ1) is 8.69. The molecular weight excluding hydrogens is 246 g/mol. The lowest BCUT2D eigenvalue weighted by atomic mass is 10.1. The Kier molecular flexibility index (Phi) is 4.24. The van der Waals surface area contributed by atoms with Crippen molar-refractivity contribution in [2.45, 2.75) is 20.1 Å². The summed E-state index contributed by atoms with van der Waals surface area (Å²) in [6, 6.07) is 13.6. The summed E-state index contributed by atoms with van der Waals surface area (Å²) in [4.78, 5) is 0. The van der Waals surface area contributed by atoms with Crippen LogP contribution < -0.4 is 10.5 Å². The lowest BCUT2D eigenvalue weighted by Gasteiger charge is -2.10. The van der Waals surface area contributed by atoms with E-state index in [-0.39, 0.29) is 0 Å². The van der Waals surface area contributed by atoms with E-state index in [0.29, 0.717) is 18.2 Å². The average molecular weight is 262 g/mol. The molecule has 0 saturated carbocycles. The Bertz CT molecular complexity index is 540. The van der Waals surface area contributed by atoms with Crippen molar-refractivity contribution in [2.24, 2.45) is 5.73 Å². The first-order valence-electron chi connectivity index (χ1n) is 5.86. The highest BCUT2D eigenvalue weighted by molar-refractivity contribution is 6.30. The standard InChI is InChI=1S/C15H16ClNO/c1-11-7-12(9-17)5-6-13(11)10-18-15-4-2-3-14(16)8-15/h2-8H,9-10,17H2,1H3. The third kappa shape index (κ3) is 3.25. The highest BCUT2D eigenvalue weighted by Crippen LogP contribution is 2.19. The van der Waals surface area contributed by atoms with Gasteiger partial charge in [0.2, 0.25) is 0 Å². The molecule has 2 rings (SSSR count). The molecule has 18 heavy (non-hydrogen) atoms. The molecule has 0 amide bonds. The van der Waals surface area contributed by atoms with Crippen LogP contribution in [0.5, 0.6) is 5.75 Å². The number of nitrogens with two attached hydrogens (primary N) is 1. The fourth-order valence-corrected chi connectivity index (χ4v) is 1.95. The molecule has 0 aromatic heterocycles. The molecule has 0 aliphatic rings. The quantitative estimate of drug-likeness (QED) is 0.911. The normalized spacial score (nSPS) is 10.4. The molecule has 0 radical (unpaired) electrons. The van der Waals surface area contributed by atoms with Gasteiger partial charge in [-0.1, -0.05) is 35.9 Å². The second-order valence-corrected chi connectivity index (χ2v) is 4.65. The molecule has 2 N–H and O–H groups in total. The van der Waals surface area contributed by atoms with Gasteiger partial charge < -0.3 is 10.5 Å². The summed E-state index contributed by atoms with van der Waals surface area (Å²) < 4.78 is 5.71. The molecule has 0 aliphatic heterocycles. The van der Waals surface area contributed by atoms with E-state index in [9.17, 15) is 0 Å². The van der Waals surface area contributed by atoms with Gasteiger partial charge in [-0.15, -0.1) is 0 Å². The summed E-state index contributed by atoms with van der Waals surface area (Å²) in [7, 11) is 0. The second kappa shape index (κ2) is 5.89. The van der Waals surface area contributed by atoms with Gasteiger partial charge in [0.25, 0.3) is 0 Å². The van der Waals surface area contributed by atoms with E-state index in [1.807, 2.05) is 30.3 Å². The predicted molar refractivity (Wildman–Crippen MR) is 74.9 cm³/mol. The zero-order valence-corrected chi connectivity index (χ0v) is 11.1. The third-order valence-corrected chi connectivity index (χ3v) is 3.07. The van der Waals surface area contributed by atoms with Crippen molar-refractivity contribution in [2.75, 3.05) is 0 Å². The van der Waals surface area contributed by atoms with Crippen LogP contribution in [0.2, 0.25) is 5.02 Å². The highest BCUT2D eigenvalue weighted by atomic mass is 35.5. The summed E-state index contributed by atoms with van der Waals surface area (Å²) in [6.07, 6.45) is 0. The van der Waals surface area contributed by atoms with Crippen molar-refractivity contribution in [3.8, 4) is 5.75 Å². The van der Waals surface area contributed by atoms with Crippen LogP contribution in [-0.4, -0.2) is 0 Å². The molecule has 2 nitrogen and oxygen atoms in total. The molecule has 94 valence electrons. The second-order valence-electron chi connectivity index (χ2n) is 4.21. The molecule has 0 aliphatic carbocycles. The maximum Gasteiger partial charge on any atom is 0.121 e. The van der Waals surface area contributed by atoms with Crippen LogP contribution in [0.1, 0.15) is 16.7 Å². The topological polar surface area (TPSA) is 35.2 Å². The maximum atomic E-state index is 5.90. The molecule has 0 saturated heterocycles. The summed E-state index contributed by atoms with van der Waals surface area (Å²) in [5.41, 5.74) is 9.10. The first-order valence-corrected chi connectivity index (χ1v) is 6.23. The number of aryl methyl sites for hydroxylation is 1. The molecule has 2 aromatic carbocycles. The van der Waals surface area contributed by atoms with Crippen LogP contribution in [0.15, 0.2) is 42.5 Å². The van der Waals surface area contributed by atoms with Crippen LogP contribution in [-0.2, 0) is 13.2 Å². The van der Waals surface area contributed by atoms with Gasteiger partial charge in [0.1, 0.15) is 12.4 Å². The Morgan fingerprint density at radius 1 is 1.17 bits per heavy atom. The van der Waals surface area contributed by atoms with Crippen LogP contribution in [0.3, 0.4) is 0 Å². The minimum atomic E-state index is 0.539. The number of hydrogen-bond donors (Lipinski definition) is 1. The van der Waals surface area contributed by atoms with Gasteiger partial charge in [-0.25, -0.2) is 0 Å². The zero-order chi connectivity index (χ0) is 13.0. The fraction of sp³-hybridized carbons (Fsp3) is 0.200.